The van der Waals surface area contributed by atoms with E-state index in [1.165, 1.54) is 6.42 Å². The number of hydrogen-bond acceptors (Lipinski definition) is 3. The molecule has 0 bridgehead atoms. The number of ether oxygens (including phenoxy) is 1. The molecule has 1 rings (SSSR count). The second-order valence-electron chi connectivity index (χ2n) is 3.85. The molecule has 15 heavy (non-hydrogen) atoms. The second-order valence-corrected chi connectivity index (χ2v) is 4.77. The van der Waals surface area contributed by atoms with Crippen molar-refractivity contribution in [1.82, 2.24) is 0 Å². The maximum atomic E-state index is 11.9. The molecule has 0 saturated heterocycles. The highest BCUT2D eigenvalue weighted by Gasteiger charge is 2.31. The maximum absolute atomic E-state index is 11.9. The molecule has 0 spiro atoms. The second kappa shape index (κ2) is 6.26. The summed E-state index contributed by atoms with van der Waals surface area (Å²) < 4.78 is 4.81. The Morgan fingerprint density at radius 3 is 2.47 bits per heavy atom. The van der Waals surface area contributed by atoms with Crippen LogP contribution in [0.25, 0.3) is 0 Å². The number of hydrogen-bond donors (Lipinski definition) is 0. The molecule has 86 valence electrons. The van der Waals surface area contributed by atoms with E-state index in [2.05, 4.69) is 15.9 Å². The number of carbonyl (C=O) groups excluding carboxylic acids is 2. The van der Waals surface area contributed by atoms with Crippen LogP contribution in [-0.2, 0) is 14.3 Å². The molecule has 1 atom stereocenters. The zero-order valence-electron chi connectivity index (χ0n) is 9.00. The van der Waals surface area contributed by atoms with Crippen LogP contribution in [0, 0.1) is 5.92 Å². The van der Waals surface area contributed by atoms with E-state index < -0.39 is 10.8 Å². The van der Waals surface area contributed by atoms with Gasteiger partial charge in [0.25, 0.3) is 0 Å². The Balaban J connectivity index is 2.47. The fraction of sp³-hybridized carbons (Fsp3) is 0.818. The number of carbonyl (C=O) groups is 2. The lowest BCUT2D eigenvalue weighted by molar-refractivity contribution is -0.145. The van der Waals surface area contributed by atoms with Gasteiger partial charge in [0.2, 0.25) is 0 Å². The van der Waals surface area contributed by atoms with E-state index in [4.69, 9.17) is 4.74 Å². The van der Waals surface area contributed by atoms with Crippen molar-refractivity contribution in [2.75, 3.05) is 6.61 Å². The number of esters is 1. The average molecular weight is 277 g/mol. The van der Waals surface area contributed by atoms with Gasteiger partial charge in [0, 0.05) is 5.92 Å². The number of halogens is 1. The lowest BCUT2D eigenvalue weighted by Crippen LogP contribution is -2.32. The summed E-state index contributed by atoms with van der Waals surface area (Å²) in [4.78, 5) is 22.4. The van der Waals surface area contributed by atoms with Crippen LogP contribution in [-0.4, -0.2) is 23.2 Å². The molecule has 1 aliphatic rings. The summed E-state index contributed by atoms with van der Waals surface area (Å²) in [5.74, 6) is -0.409. The fourth-order valence-electron chi connectivity index (χ4n) is 1.93. The molecule has 1 saturated carbocycles. The predicted octanol–water partition coefficient (Wildman–Crippen LogP) is 2.46. The third-order valence-electron chi connectivity index (χ3n) is 2.75. The topological polar surface area (TPSA) is 43.4 Å². The first kappa shape index (κ1) is 12.7. The summed E-state index contributed by atoms with van der Waals surface area (Å²) in [5, 5.41) is 0. The molecule has 0 N–H and O–H groups in total. The molecule has 4 heteroatoms. The number of rotatable bonds is 4. The van der Waals surface area contributed by atoms with Crippen molar-refractivity contribution < 1.29 is 14.3 Å². The van der Waals surface area contributed by atoms with Gasteiger partial charge in [-0.3, -0.25) is 9.59 Å². The predicted molar refractivity (Wildman–Crippen MR) is 60.9 cm³/mol. The molecule has 0 amide bonds. The first-order valence-electron chi connectivity index (χ1n) is 5.51. The SMILES string of the molecule is CCOC(=O)C(Br)C(=O)C1CCCCC1. The first-order chi connectivity index (χ1) is 7.16. The van der Waals surface area contributed by atoms with Crippen molar-refractivity contribution in [3.05, 3.63) is 0 Å². The molecule has 1 fully saturated rings. The highest BCUT2D eigenvalue weighted by molar-refractivity contribution is 9.10. The minimum Gasteiger partial charge on any atom is -0.465 e. The molecule has 3 nitrogen and oxygen atoms in total. The van der Waals surface area contributed by atoms with Gasteiger partial charge in [-0.15, -0.1) is 0 Å². The van der Waals surface area contributed by atoms with Gasteiger partial charge < -0.3 is 4.74 Å². The Labute approximate surface area is 98.7 Å². The summed E-state index contributed by atoms with van der Waals surface area (Å²) in [7, 11) is 0. The minimum atomic E-state index is -0.763. The molecule has 1 aliphatic carbocycles. The molecule has 1 unspecified atom stereocenters. The van der Waals surface area contributed by atoms with E-state index in [-0.39, 0.29) is 11.7 Å². The quantitative estimate of drug-likeness (QED) is 0.450. The van der Waals surface area contributed by atoms with Crippen LogP contribution in [0.1, 0.15) is 39.0 Å². The third kappa shape index (κ3) is 3.59. The van der Waals surface area contributed by atoms with Crippen LogP contribution in [0.2, 0.25) is 0 Å². The Kier molecular flexibility index (Phi) is 5.29. The first-order valence-corrected chi connectivity index (χ1v) is 6.42. The van der Waals surface area contributed by atoms with E-state index in [1.54, 1.807) is 6.92 Å². The molecule has 0 aromatic carbocycles. The Morgan fingerprint density at radius 1 is 1.33 bits per heavy atom. The van der Waals surface area contributed by atoms with Crippen molar-refractivity contribution in [2.45, 2.75) is 43.9 Å². The summed E-state index contributed by atoms with van der Waals surface area (Å²) in [6.07, 6.45) is 5.23. The van der Waals surface area contributed by atoms with Gasteiger partial charge in [0.05, 0.1) is 6.61 Å². The highest BCUT2D eigenvalue weighted by Crippen LogP contribution is 2.27. The van der Waals surface area contributed by atoms with Crippen LogP contribution in [0.15, 0.2) is 0 Å². The van der Waals surface area contributed by atoms with Crippen molar-refractivity contribution in [3.8, 4) is 0 Å². The molecule has 0 aliphatic heterocycles. The molecular weight excluding hydrogens is 260 g/mol. The maximum Gasteiger partial charge on any atom is 0.327 e. The van der Waals surface area contributed by atoms with E-state index in [9.17, 15) is 9.59 Å². The summed E-state index contributed by atoms with van der Waals surface area (Å²) in [6, 6.07) is 0. The number of Topliss-reactive ketones (excluding diaryl/α,β-unsaturated/α-hetero) is 1. The molecule has 0 radical (unpaired) electrons. The Morgan fingerprint density at radius 2 is 1.93 bits per heavy atom. The van der Waals surface area contributed by atoms with E-state index in [0.29, 0.717) is 6.61 Å². The Bertz CT molecular complexity index is 234. The summed E-state index contributed by atoms with van der Waals surface area (Å²) >= 11 is 3.12. The van der Waals surface area contributed by atoms with Crippen LogP contribution >= 0.6 is 15.9 Å². The van der Waals surface area contributed by atoms with Gasteiger partial charge in [0.1, 0.15) is 0 Å². The van der Waals surface area contributed by atoms with Crippen LogP contribution in [0.4, 0.5) is 0 Å². The molecule has 0 heterocycles. The van der Waals surface area contributed by atoms with Gasteiger partial charge >= 0.3 is 5.97 Å². The number of alkyl halides is 1. The lowest BCUT2D eigenvalue weighted by Gasteiger charge is -2.21. The van der Waals surface area contributed by atoms with Crippen LogP contribution in [0.5, 0.6) is 0 Å². The summed E-state index contributed by atoms with van der Waals surface area (Å²) in [5.41, 5.74) is 0. The minimum absolute atomic E-state index is 0.00634. The zero-order valence-corrected chi connectivity index (χ0v) is 10.6. The normalized spacial score (nSPS) is 19.6. The Hall–Kier alpha value is -0.380. The fourth-order valence-corrected chi connectivity index (χ4v) is 2.43. The molecule has 0 aromatic heterocycles. The largest absolute Gasteiger partial charge is 0.465 e. The van der Waals surface area contributed by atoms with E-state index in [1.807, 2.05) is 0 Å². The van der Waals surface area contributed by atoms with Gasteiger partial charge in [-0.2, -0.15) is 0 Å². The monoisotopic (exact) mass is 276 g/mol. The van der Waals surface area contributed by atoms with Gasteiger partial charge in [-0.1, -0.05) is 35.2 Å². The smallest absolute Gasteiger partial charge is 0.327 e. The van der Waals surface area contributed by atoms with Crippen molar-refractivity contribution in [3.63, 3.8) is 0 Å². The van der Waals surface area contributed by atoms with E-state index >= 15 is 0 Å². The van der Waals surface area contributed by atoms with Crippen molar-refractivity contribution in [2.24, 2.45) is 5.92 Å². The number of ketones is 1. The standard InChI is InChI=1S/C11H17BrO3/c1-2-15-11(14)9(12)10(13)8-6-4-3-5-7-8/h8-9H,2-7H2,1H3. The average Bonchev–Trinajstić information content (AvgIpc) is 2.28. The molecule has 0 aromatic rings. The zero-order chi connectivity index (χ0) is 11.3. The van der Waals surface area contributed by atoms with Gasteiger partial charge in [-0.25, -0.2) is 0 Å². The van der Waals surface area contributed by atoms with E-state index in [0.717, 1.165) is 25.7 Å². The lowest BCUT2D eigenvalue weighted by atomic mass is 9.85. The van der Waals surface area contributed by atoms with Crippen molar-refractivity contribution in [1.29, 1.82) is 0 Å². The van der Waals surface area contributed by atoms with Gasteiger partial charge in [0.15, 0.2) is 10.6 Å². The van der Waals surface area contributed by atoms with Gasteiger partial charge in [-0.05, 0) is 19.8 Å². The summed E-state index contributed by atoms with van der Waals surface area (Å²) in [6.45, 7) is 2.06. The van der Waals surface area contributed by atoms with Crippen LogP contribution < -0.4 is 0 Å². The third-order valence-corrected chi connectivity index (χ3v) is 3.58. The van der Waals surface area contributed by atoms with Crippen LogP contribution in [0.3, 0.4) is 0 Å². The molecular formula is C11H17BrO3. The van der Waals surface area contributed by atoms with Crippen molar-refractivity contribution >= 4 is 27.7 Å². The highest BCUT2D eigenvalue weighted by atomic mass is 79.9.